The lowest BCUT2D eigenvalue weighted by molar-refractivity contribution is -0.131. The molecule has 0 spiro atoms. The second kappa shape index (κ2) is 13.7. The van der Waals surface area contributed by atoms with Gasteiger partial charge < -0.3 is 20.7 Å². The Morgan fingerprint density at radius 1 is 0.853 bits per heavy atom. The van der Waals surface area contributed by atoms with Crippen molar-refractivity contribution in [2.75, 3.05) is 6.26 Å². The molecule has 0 radical (unpaired) electrons. The van der Waals surface area contributed by atoms with Crippen LogP contribution in [-0.4, -0.2) is 56.3 Å². The lowest BCUT2D eigenvalue weighted by atomic mass is 9.99. The van der Waals surface area contributed by atoms with Crippen molar-refractivity contribution in [2.45, 2.75) is 98.9 Å². The van der Waals surface area contributed by atoms with Gasteiger partial charge in [0.25, 0.3) is 0 Å². The lowest BCUT2D eigenvalue weighted by Gasteiger charge is -2.28. The highest BCUT2D eigenvalue weighted by Crippen LogP contribution is 2.12. The average Bonchev–Trinajstić information content (AvgIpc) is 2.60. The summed E-state index contributed by atoms with van der Waals surface area (Å²) in [6.45, 7) is 16.6. The summed E-state index contributed by atoms with van der Waals surface area (Å²) in [7, 11) is -3.35. The lowest BCUT2D eigenvalue weighted by Crippen LogP contribution is -2.56. The molecule has 0 aromatic carbocycles. The van der Waals surface area contributed by atoms with Crippen molar-refractivity contribution >= 4 is 27.7 Å². The molecule has 9 nitrogen and oxygen atoms in total. The standard InChI is InChI=1S/C24H45N3O6S/c1-15(2)13-18(11-12-34(10,31)32)25-21(28)19(14-16(3)4)26-22(29)20(17(5)6)27-23(30)33-24(7,8)9/h11-12,15-20H,13-14H2,1-10H3,(H,25,28)(H,26,29)(H,27,30)/b12-11+/t18-,19+,20+/m1/s1. The van der Waals surface area contributed by atoms with Crippen LogP contribution in [0, 0.1) is 17.8 Å². The van der Waals surface area contributed by atoms with Crippen molar-refractivity contribution in [1.29, 1.82) is 0 Å². The van der Waals surface area contributed by atoms with Crippen LogP contribution in [-0.2, 0) is 24.2 Å². The Morgan fingerprint density at radius 2 is 1.38 bits per heavy atom. The molecule has 0 aliphatic rings. The molecule has 0 saturated carbocycles. The number of nitrogens with one attached hydrogen (secondary N) is 3. The maximum atomic E-state index is 13.1. The summed E-state index contributed by atoms with van der Waals surface area (Å²) in [6.07, 6.45) is 2.74. The predicted octanol–water partition coefficient (Wildman–Crippen LogP) is 3.16. The van der Waals surface area contributed by atoms with E-state index >= 15 is 0 Å². The van der Waals surface area contributed by atoms with E-state index in [1.165, 1.54) is 6.08 Å². The first-order valence-electron chi connectivity index (χ1n) is 11.8. The van der Waals surface area contributed by atoms with Gasteiger partial charge in [-0.15, -0.1) is 0 Å². The van der Waals surface area contributed by atoms with E-state index in [0.717, 1.165) is 11.7 Å². The van der Waals surface area contributed by atoms with Crippen LogP contribution in [0.5, 0.6) is 0 Å². The molecule has 34 heavy (non-hydrogen) atoms. The van der Waals surface area contributed by atoms with E-state index in [4.69, 9.17) is 4.74 Å². The molecule has 3 amide bonds. The summed E-state index contributed by atoms with van der Waals surface area (Å²) >= 11 is 0. The highest BCUT2D eigenvalue weighted by molar-refractivity contribution is 7.93. The molecule has 0 aliphatic heterocycles. The topological polar surface area (TPSA) is 131 Å². The minimum atomic E-state index is -3.35. The van der Waals surface area contributed by atoms with Crippen LogP contribution in [0.3, 0.4) is 0 Å². The molecule has 0 bridgehead atoms. The Balaban J connectivity index is 5.60. The molecule has 3 N–H and O–H groups in total. The summed E-state index contributed by atoms with van der Waals surface area (Å²) in [5.41, 5.74) is -0.715. The number of carbonyl (C=O) groups is 3. The second-order valence-electron chi connectivity index (χ2n) is 11.0. The smallest absolute Gasteiger partial charge is 0.408 e. The zero-order chi connectivity index (χ0) is 26.9. The number of sulfone groups is 1. The molecule has 0 rings (SSSR count). The van der Waals surface area contributed by atoms with Gasteiger partial charge in [0.2, 0.25) is 11.8 Å². The largest absolute Gasteiger partial charge is 0.444 e. The molecule has 0 saturated heterocycles. The first-order valence-corrected chi connectivity index (χ1v) is 13.7. The van der Waals surface area contributed by atoms with Gasteiger partial charge >= 0.3 is 6.09 Å². The molecular weight excluding hydrogens is 458 g/mol. The maximum Gasteiger partial charge on any atom is 0.408 e. The van der Waals surface area contributed by atoms with E-state index in [0.29, 0.717) is 12.8 Å². The molecular formula is C24H45N3O6S. The molecule has 3 atom stereocenters. The van der Waals surface area contributed by atoms with Gasteiger partial charge in [0.05, 0.1) is 0 Å². The molecule has 10 heteroatoms. The number of carbonyl (C=O) groups excluding carboxylic acids is 3. The van der Waals surface area contributed by atoms with Gasteiger partial charge in [-0.2, -0.15) is 0 Å². The van der Waals surface area contributed by atoms with Crippen molar-refractivity contribution in [2.24, 2.45) is 17.8 Å². The third kappa shape index (κ3) is 14.9. The quantitative estimate of drug-likeness (QED) is 0.375. The Labute approximate surface area is 205 Å². The molecule has 0 unspecified atom stereocenters. The molecule has 0 aromatic rings. The molecule has 0 aromatic heterocycles. The first-order chi connectivity index (χ1) is 15.3. The van der Waals surface area contributed by atoms with E-state index in [2.05, 4.69) is 16.0 Å². The van der Waals surface area contributed by atoms with E-state index in [1.807, 2.05) is 27.7 Å². The number of hydrogen-bond donors (Lipinski definition) is 3. The Bertz CT molecular complexity index is 813. The van der Waals surface area contributed by atoms with Crippen LogP contribution in [0.1, 0.15) is 75.2 Å². The van der Waals surface area contributed by atoms with Crippen LogP contribution in [0.25, 0.3) is 0 Å². The van der Waals surface area contributed by atoms with E-state index < -0.39 is 51.5 Å². The first kappa shape index (κ1) is 31.9. The van der Waals surface area contributed by atoms with Crippen molar-refractivity contribution in [3.8, 4) is 0 Å². The maximum absolute atomic E-state index is 13.1. The Kier molecular flexibility index (Phi) is 12.9. The number of rotatable bonds is 12. The fraction of sp³-hybridized carbons (Fsp3) is 0.792. The van der Waals surface area contributed by atoms with Crippen molar-refractivity contribution in [3.63, 3.8) is 0 Å². The molecule has 0 aliphatic carbocycles. The van der Waals surface area contributed by atoms with E-state index in [9.17, 15) is 22.8 Å². The van der Waals surface area contributed by atoms with Gasteiger partial charge in [0.1, 0.15) is 17.7 Å². The van der Waals surface area contributed by atoms with E-state index in [1.54, 1.807) is 34.6 Å². The van der Waals surface area contributed by atoms with Crippen LogP contribution in [0.2, 0.25) is 0 Å². The SMILES string of the molecule is CC(C)C[C@@H](/C=C/S(C)(=O)=O)NC(=O)[C@H](CC(C)C)NC(=O)[C@@H](NC(=O)OC(C)(C)C)C(C)C. The molecule has 198 valence electrons. The van der Waals surface area contributed by atoms with Crippen LogP contribution >= 0.6 is 0 Å². The van der Waals surface area contributed by atoms with E-state index in [-0.39, 0.29) is 17.8 Å². The van der Waals surface area contributed by atoms with Crippen LogP contribution in [0.4, 0.5) is 4.79 Å². The summed E-state index contributed by atoms with van der Waals surface area (Å²) in [6, 6.07) is -2.25. The van der Waals surface area contributed by atoms with Crippen LogP contribution in [0.15, 0.2) is 11.5 Å². The number of alkyl carbamates (subject to hydrolysis) is 1. The van der Waals surface area contributed by atoms with Crippen molar-refractivity contribution in [1.82, 2.24) is 16.0 Å². The van der Waals surface area contributed by atoms with Crippen molar-refractivity contribution < 1.29 is 27.5 Å². The third-order valence-electron chi connectivity index (χ3n) is 4.57. The Morgan fingerprint density at radius 3 is 1.79 bits per heavy atom. The highest BCUT2D eigenvalue weighted by atomic mass is 32.2. The molecule has 0 fully saturated rings. The minimum Gasteiger partial charge on any atom is -0.444 e. The summed E-state index contributed by atoms with van der Waals surface area (Å²) in [4.78, 5) is 38.4. The zero-order valence-electron chi connectivity index (χ0n) is 22.4. The predicted molar refractivity (Wildman–Crippen MR) is 135 cm³/mol. The van der Waals surface area contributed by atoms with Crippen LogP contribution < -0.4 is 16.0 Å². The van der Waals surface area contributed by atoms with Gasteiger partial charge in [-0.25, -0.2) is 13.2 Å². The summed E-state index contributed by atoms with van der Waals surface area (Å²) in [5, 5.41) is 9.29. The number of ether oxygens (including phenoxy) is 1. The fourth-order valence-corrected chi connectivity index (χ4v) is 3.62. The summed E-state index contributed by atoms with van der Waals surface area (Å²) in [5.74, 6) is -0.848. The second-order valence-corrected chi connectivity index (χ2v) is 12.9. The monoisotopic (exact) mass is 503 g/mol. The normalized spacial score (nSPS) is 15.3. The van der Waals surface area contributed by atoms with Crippen molar-refractivity contribution in [3.05, 3.63) is 11.5 Å². The van der Waals surface area contributed by atoms with Gasteiger partial charge in [0.15, 0.2) is 9.84 Å². The number of amides is 3. The number of hydrogen-bond acceptors (Lipinski definition) is 6. The average molecular weight is 504 g/mol. The molecule has 0 heterocycles. The Hall–Kier alpha value is -2.10. The highest BCUT2D eigenvalue weighted by Gasteiger charge is 2.31. The third-order valence-corrected chi connectivity index (χ3v) is 5.22. The zero-order valence-corrected chi connectivity index (χ0v) is 23.2. The van der Waals surface area contributed by atoms with Gasteiger partial charge in [-0.1, -0.05) is 47.6 Å². The summed E-state index contributed by atoms with van der Waals surface area (Å²) < 4.78 is 28.4. The minimum absolute atomic E-state index is 0.0995. The fourth-order valence-electron chi connectivity index (χ4n) is 3.15. The van der Waals surface area contributed by atoms with Gasteiger partial charge in [0, 0.05) is 17.7 Å². The van der Waals surface area contributed by atoms with Gasteiger partial charge in [-0.05, 0) is 51.4 Å². The van der Waals surface area contributed by atoms with Gasteiger partial charge in [-0.3, -0.25) is 9.59 Å².